The van der Waals surface area contributed by atoms with Gasteiger partial charge in [0, 0.05) is 6.20 Å². The molecular formula is C11H14N4O2. The van der Waals surface area contributed by atoms with Gasteiger partial charge in [-0.1, -0.05) is 0 Å². The van der Waals surface area contributed by atoms with Crippen LogP contribution < -0.4 is 5.32 Å². The fourth-order valence-corrected chi connectivity index (χ4v) is 1.78. The molecule has 0 aliphatic carbocycles. The summed E-state index contributed by atoms with van der Waals surface area (Å²) in [5.41, 5.74) is 0.676. The van der Waals surface area contributed by atoms with Gasteiger partial charge in [0.15, 0.2) is 0 Å². The van der Waals surface area contributed by atoms with Crippen LogP contribution in [-0.4, -0.2) is 39.0 Å². The average Bonchev–Trinajstić information content (AvgIpc) is 2.33. The van der Waals surface area contributed by atoms with E-state index < -0.39 is 12.1 Å². The Labute approximate surface area is 99.0 Å². The summed E-state index contributed by atoms with van der Waals surface area (Å²) in [4.78, 5) is 25.1. The van der Waals surface area contributed by atoms with Crippen molar-refractivity contribution in [3.8, 4) is 0 Å². The lowest BCUT2D eigenvalue weighted by Crippen LogP contribution is -2.61. The van der Waals surface area contributed by atoms with E-state index in [4.69, 9.17) is 0 Å². The lowest BCUT2D eigenvalue weighted by Gasteiger charge is -2.35. The van der Waals surface area contributed by atoms with Crippen LogP contribution in [0.2, 0.25) is 0 Å². The fourth-order valence-electron chi connectivity index (χ4n) is 1.78. The van der Waals surface area contributed by atoms with Crippen molar-refractivity contribution < 1.29 is 9.59 Å². The van der Waals surface area contributed by atoms with E-state index in [1.54, 1.807) is 32.2 Å². The van der Waals surface area contributed by atoms with Gasteiger partial charge in [-0.25, -0.2) is 0 Å². The first-order chi connectivity index (χ1) is 8.09. The second-order valence-electron chi connectivity index (χ2n) is 4.09. The van der Waals surface area contributed by atoms with E-state index in [2.05, 4.69) is 15.5 Å². The number of hydrogen-bond acceptors (Lipinski definition) is 4. The molecule has 1 aliphatic rings. The number of nitrogens with one attached hydrogen (secondary N) is 1. The highest BCUT2D eigenvalue weighted by molar-refractivity contribution is 5.96. The van der Waals surface area contributed by atoms with E-state index in [-0.39, 0.29) is 11.8 Å². The minimum atomic E-state index is -0.477. The number of piperazine rings is 1. The van der Waals surface area contributed by atoms with Crippen molar-refractivity contribution >= 4 is 11.8 Å². The number of aromatic nitrogens is 2. The van der Waals surface area contributed by atoms with E-state index in [1.165, 1.54) is 4.90 Å². The van der Waals surface area contributed by atoms with Gasteiger partial charge in [0.1, 0.15) is 12.1 Å². The van der Waals surface area contributed by atoms with Gasteiger partial charge in [-0.15, -0.1) is 0 Å². The summed E-state index contributed by atoms with van der Waals surface area (Å²) in [5, 5.41) is 10.3. The maximum atomic E-state index is 11.9. The smallest absolute Gasteiger partial charge is 0.245 e. The number of nitrogens with zero attached hydrogens (tertiary/aromatic N) is 3. The van der Waals surface area contributed by atoms with Crippen LogP contribution in [0.1, 0.15) is 19.5 Å². The van der Waals surface area contributed by atoms with E-state index in [9.17, 15) is 9.59 Å². The molecule has 2 unspecified atom stereocenters. The van der Waals surface area contributed by atoms with Crippen molar-refractivity contribution in [1.29, 1.82) is 0 Å². The Morgan fingerprint density at radius 2 is 2.18 bits per heavy atom. The Morgan fingerprint density at radius 1 is 1.41 bits per heavy atom. The summed E-state index contributed by atoms with van der Waals surface area (Å²) >= 11 is 0. The Balaban J connectivity index is 2.18. The summed E-state index contributed by atoms with van der Waals surface area (Å²) < 4.78 is 0. The number of amides is 2. The molecule has 1 aliphatic heterocycles. The summed E-state index contributed by atoms with van der Waals surface area (Å²) in [6, 6.07) is 2.59. The van der Waals surface area contributed by atoms with E-state index in [0.29, 0.717) is 12.2 Å². The Bertz CT molecular complexity index is 434. The highest BCUT2D eigenvalue weighted by atomic mass is 16.2. The largest absolute Gasteiger partial charge is 0.343 e. The van der Waals surface area contributed by atoms with Crippen LogP contribution in [-0.2, 0) is 16.1 Å². The van der Waals surface area contributed by atoms with Gasteiger partial charge in [-0.2, -0.15) is 10.2 Å². The molecule has 0 aromatic carbocycles. The van der Waals surface area contributed by atoms with Crippen LogP contribution in [0.3, 0.4) is 0 Å². The minimum Gasteiger partial charge on any atom is -0.343 e. The summed E-state index contributed by atoms with van der Waals surface area (Å²) in [7, 11) is 0. The van der Waals surface area contributed by atoms with Crippen LogP contribution in [0, 0.1) is 0 Å². The molecule has 90 valence electrons. The lowest BCUT2D eigenvalue weighted by molar-refractivity contribution is -0.148. The molecule has 2 rings (SSSR count). The van der Waals surface area contributed by atoms with Gasteiger partial charge in [0.2, 0.25) is 11.8 Å². The van der Waals surface area contributed by atoms with Crippen LogP contribution in [0.5, 0.6) is 0 Å². The zero-order valence-corrected chi connectivity index (χ0v) is 9.75. The Morgan fingerprint density at radius 3 is 2.82 bits per heavy atom. The Hall–Kier alpha value is -1.98. The molecule has 1 fully saturated rings. The number of carbonyl (C=O) groups excluding carboxylic acids is 2. The minimum absolute atomic E-state index is 0.0947. The van der Waals surface area contributed by atoms with Gasteiger partial charge >= 0.3 is 0 Å². The zero-order chi connectivity index (χ0) is 12.4. The lowest BCUT2D eigenvalue weighted by atomic mass is 10.1. The van der Waals surface area contributed by atoms with Gasteiger partial charge in [-0.3, -0.25) is 9.59 Å². The van der Waals surface area contributed by atoms with E-state index >= 15 is 0 Å². The predicted molar refractivity (Wildman–Crippen MR) is 59.6 cm³/mol. The predicted octanol–water partition coefficient (Wildman–Crippen LogP) is -0.288. The molecule has 0 bridgehead atoms. The zero-order valence-electron chi connectivity index (χ0n) is 9.75. The molecular weight excluding hydrogens is 220 g/mol. The summed E-state index contributed by atoms with van der Waals surface area (Å²) in [6.45, 7) is 3.69. The quantitative estimate of drug-likeness (QED) is 0.763. The molecule has 1 saturated heterocycles. The van der Waals surface area contributed by atoms with Crippen molar-refractivity contribution in [1.82, 2.24) is 20.4 Å². The maximum absolute atomic E-state index is 11.9. The topological polar surface area (TPSA) is 75.2 Å². The SMILES string of the molecule is CC1NC(=O)C(C)N(Cc2cccnn2)C1=O. The van der Waals surface area contributed by atoms with Gasteiger partial charge in [-0.05, 0) is 26.0 Å². The van der Waals surface area contributed by atoms with Crippen LogP contribution >= 0.6 is 0 Å². The first-order valence-electron chi connectivity index (χ1n) is 5.47. The van der Waals surface area contributed by atoms with Crippen molar-refractivity contribution in [3.05, 3.63) is 24.0 Å². The molecule has 6 nitrogen and oxygen atoms in total. The molecule has 0 radical (unpaired) electrons. The van der Waals surface area contributed by atoms with Crippen molar-refractivity contribution in [2.75, 3.05) is 0 Å². The standard InChI is InChI=1S/C11H14N4O2/c1-7-11(17)15(8(2)10(16)13-7)6-9-4-3-5-12-14-9/h3-5,7-8H,6H2,1-2H3,(H,13,16). The third kappa shape index (κ3) is 2.25. The molecule has 2 amide bonds. The number of carbonyl (C=O) groups is 2. The highest BCUT2D eigenvalue weighted by Gasteiger charge is 2.35. The van der Waals surface area contributed by atoms with Crippen LogP contribution in [0.4, 0.5) is 0 Å². The van der Waals surface area contributed by atoms with Gasteiger partial charge in [0.25, 0.3) is 0 Å². The second kappa shape index (κ2) is 4.48. The molecule has 1 aromatic rings. The maximum Gasteiger partial charge on any atom is 0.245 e. The molecule has 2 atom stereocenters. The molecule has 0 spiro atoms. The first-order valence-corrected chi connectivity index (χ1v) is 5.47. The van der Waals surface area contributed by atoms with Gasteiger partial charge < -0.3 is 10.2 Å². The normalized spacial score (nSPS) is 24.7. The van der Waals surface area contributed by atoms with Crippen molar-refractivity contribution in [2.45, 2.75) is 32.5 Å². The van der Waals surface area contributed by atoms with E-state index in [0.717, 1.165) is 0 Å². The van der Waals surface area contributed by atoms with Crippen LogP contribution in [0.15, 0.2) is 18.3 Å². The fraction of sp³-hybridized carbons (Fsp3) is 0.455. The first kappa shape index (κ1) is 11.5. The third-order valence-corrected chi connectivity index (χ3v) is 2.82. The highest BCUT2D eigenvalue weighted by Crippen LogP contribution is 2.12. The second-order valence-corrected chi connectivity index (χ2v) is 4.09. The molecule has 1 aromatic heterocycles. The molecule has 0 saturated carbocycles. The molecule has 17 heavy (non-hydrogen) atoms. The van der Waals surface area contributed by atoms with Gasteiger partial charge in [0.05, 0.1) is 12.2 Å². The third-order valence-electron chi connectivity index (χ3n) is 2.82. The van der Waals surface area contributed by atoms with E-state index in [1.807, 2.05) is 0 Å². The van der Waals surface area contributed by atoms with Crippen molar-refractivity contribution in [2.24, 2.45) is 0 Å². The number of rotatable bonds is 2. The molecule has 2 heterocycles. The van der Waals surface area contributed by atoms with Crippen LogP contribution in [0.25, 0.3) is 0 Å². The average molecular weight is 234 g/mol. The summed E-state index contributed by atoms with van der Waals surface area (Å²) in [6.07, 6.45) is 1.57. The molecule has 6 heteroatoms. The monoisotopic (exact) mass is 234 g/mol. The number of hydrogen-bond donors (Lipinski definition) is 1. The summed E-state index contributed by atoms with van der Waals surface area (Å²) in [5.74, 6) is -0.233. The Kier molecular flexibility index (Phi) is 3.03. The van der Waals surface area contributed by atoms with Crippen molar-refractivity contribution in [3.63, 3.8) is 0 Å². The molecule has 1 N–H and O–H groups in total.